The molecule has 0 saturated carbocycles. The Hall–Kier alpha value is -1.30. The summed E-state index contributed by atoms with van der Waals surface area (Å²) in [5.74, 6) is -1.18. The number of hydrogen-bond acceptors (Lipinski definition) is 4. The largest absolute Gasteiger partial charge is 0.478 e. The van der Waals surface area contributed by atoms with Gasteiger partial charge in [0, 0.05) is 6.54 Å². The predicted molar refractivity (Wildman–Crippen MR) is 54.9 cm³/mol. The lowest BCUT2D eigenvalue weighted by Crippen LogP contribution is -2.51. The molecule has 1 aliphatic rings. The van der Waals surface area contributed by atoms with Crippen molar-refractivity contribution in [2.75, 3.05) is 13.2 Å². The maximum atomic E-state index is 11.7. The number of hydrogen-bond donors (Lipinski definition) is 1. The van der Waals surface area contributed by atoms with Gasteiger partial charge in [0.1, 0.15) is 5.60 Å². The summed E-state index contributed by atoms with van der Waals surface area (Å²) >= 11 is 0. The van der Waals surface area contributed by atoms with Crippen LogP contribution in [0.2, 0.25) is 0 Å². The lowest BCUT2D eigenvalue weighted by molar-refractivity contribution is -0.169. The molecule has 1 rings (SSSR count). The molecule has 1 amide bonds. The third-order valence-corrected chi connectivity index (χ3v) is 1.94. The average Bonchev–Trinajstić information content (AvgIpc) is 2.15. The van der Waals surface area contributed by atoms with Crippen molar-refractivity contribution in [3.63, 3.8) is 0 Å². The monoisotopic (exact) mass is 231 g/mol. The summed E-state index contributed by atoms with van der Waals surface area (Å²) in [6.07, 6.45) is -1.27. The van der Waals surface area contributed by atoms with Crippen LogP contribution in [0.25, 0.3) is 0 Å². The molecule has 0 aromatic rings. The zero-order chi connectivity index (χ0) is 12.3. The van der Waals surface area contributed by atoms with E-state index in [1.54, 1.807) is 20.8 Å². The van der Waals surface area contributed by atoms with Gasteiger partial charge in [-0.2, -0.15) is 0 Å². The van der Waals surface area contributed by atoms with Crippen molar-refractivity contribution in [2.24, 2.45) is 0 Å². The number of amides is 1. The Morgan fingerprint density at radius 1 is 1.44 bits per heavy atom. The van der Waals surface area contributed by atoms with Crippen molar-refractivity contribution in [1.82, 2.24) is 4.90 Å². The van der Waals surface area contributed by atoms with E-state index in [1.165, 1.54) is 0 Å². The maximum absolute atomic E-state index is 11.7. The third-order valence-electron chi connectivity index (χ3n) is 1.94. The van der Waals surface area contributed by atoms with Crippen molar-refractivity contribution in [3.8, 4) is 0 Å². The first-order chi connectivity index (χ1) is 7.31. The predicted octanol–water partition coefficient (Wildman–Crippen LogP) is 1.05. The minimum atomic E-state index is -1.23. The van der Waals surface area contributed by atoms with Gasteiger partial charge in [-0.1, -0.05) is 0 Å². The van der Waals surface area contributed by atoms with E-state index in [4.69, 9.17) is 14.6 Å². The zero-order valence-electron chi connectivity index (χ0n) is 9.73. The molecule has 0 unspecified atom stereocenters. The molecular weight excluding hydrogens is 214 g/mol. The maximum Gasteiger partial charge on any atom is 0.412 e. The average molecular weight is 231 g/mol. The Bertz CT molecular complexity index is 283. The summed E-state index contributed by atoms with van der Waals surface area (Å²) in [5, 5.41) is 8.88. The second-order valence-electron chi connectivity index (χ2n) is 4.59. The molecule has 1 atom stereocenters. The van der Waals surface area contributed by atoms with E-state index in [1.807, 2.05) is 0 Å². The summed E-state index contributed by atoms with van der Waals surface area (Å²) < 4.78 is 10.1. The van der Waals surface area contributed by atoms with Crippen molar-refractivity contribution < 1.29 is 24.2 Å². The topological polar surface area (TPSA) is 76.1 Å². The first-order valence-electron chi connectivity index (χ1n) is 5.15. The standard InChI is InChI=1S/C10H17NO5/c1-10(2,3)16-9(14)11-5-4-6-15-7(11)8(12)13/h7H,4-6H2,1-3H3,(H,12,13)/t7-/m1/s1. The molecule has 0 aliphatic carbocycles. The van der Waals surface area contributed by atoms with Gasteiger partial charge in [-0.25, -0.2) is 9.59 Å². The van der Waals surface area contributed by atoms with E-state index in [9.17, 15) is 9.59 Å². The lowest BCUT2D eigenvalue weighted by atomic mass is 10.2. The molecule has 1 N–H and O–H groups in total. The number of rotatable bonds is 1. The van der Waals surface area contributed by atoms with Crippen molar-refractivity contribution in [3.05, 3.63) is 0 Å². The van der Waals surface area contributed by atoms with Gasteiger partial charge in [-0.3, -0.25) is 4.90 Å². The fraction of sp³-hybridized carbons (Fsp3) is 0.800. The Balaban J connectivity index is 2.68. The van der Waals surface area contributed by atoms with Crippen LogP contribution in [0, 0.1) is 0 Å². The summed E-state index contributed by atoms with van der Waals surface area (Å²) in [6.45, 7) is 5.87. The van der Waals surface area contributed by atoms with Gasteiger partial charge in [0.15, 0.2) is 0 Å². The smallest absolute Gasteiger partial charge is 0.412 e. The number of carbonyl (C=O) groups is 2. The molecule has 16 heavy (non-hydrogen) atoms. The van der Waals surface area contributed by atoms with Crippen LogP contribution in [0.1, 0.15) is 27.2 Å². The summed E-state index contributed by atoms with van der Waals surface area (Å²) in [4.78, 5) is 23.6. The summed E-state index contributed by atoms with van der Waals surface area (Å²) in [7, 11) is 0. The van der Waals surface area contributed by atoms with E-state index in [0.29, 0.717) is 19.6 Å². The van der Waals surface area contributed by atoms with Crippen LogP contribution in [0.4, 0.5) is 4.79 Å². The molecule has 0 radical (unpaired) electrons. The van der Waals surface area contributed by atoms with Crippen LogP contribution in [-0.4, -0.2) is 47.0 Å². The fourth-order valence-electron chi connectivity index (χ4n) is 1.35. The molecule has 1 saturated heterocycles. The molecule has 0 aromatic heterocycles. The summed E-state index contributed by atoms with van der Waals surface area (Å²) in [6, 6.07) is 0. The highest BCUT2D eigenvalue weighted by Gasteiger charge is 2.35. The van der Waals surface area contributed by atoms with Gasteiger partial charge >= 0.3 is 12.1 Å². The Morgan fingerprint density at radius 3 is 2.56 bits per heavy atom. The first kappa shape index (κ1) is 12.8. The SMILES string of the molecule is CC(C)(C)OC(=O)N1CCCO[C@@H]1C(=O)O. The molecule has 6 nitrogen and oxygen atoms in total. The minimum Gasteiger partial charge on any atom is -0.478 e. The van der Waals surface area contributed by atoms with Crippen molar-refractivity contribution >= 4 is 12.1 Å². The van der Waals surface area contributed by atoms with E-state index in [2.05, 4.69) is 0 Å². The highest BCUT2D eigenvalue weighted by molar-refractivity contribution is 5.79. The molecule has 1 heterocycles. The number of aliphatic carboxylic acids is 1. The second kappa shape index (κ2) is 4.69. The second-order valence-corrected chi connectivity index (χ2v) is 4.59. The van der Waals surface area contributed by atoms with Crippen LogP contribution in [0.15, 0.2) is 0 Å². The van der Waals surface area contributed by atoms with Crippen molar-refractivity contribution in [2.45, 2.75) is 39.0 Å². The molecule has 0 bridgehead atoms. The molecule has 1 fully saturated rings. The van der Waals surface area contributed by atoms with Crippen LogP contribution in [0.3, 0.4) is 0 Å². The fourth-order valence-corrected chi connectivity index (χ4v) is 1.35. The number of carboxylic acids is 1. The quantitative estimate of drug-likeness (QED) is 0.730. The number of carboxylic acid groups (broad SMARTS) is 1. The number of carbonyl (C=O) groups excluding carboxylic acids is 1. The van der Waals surface area contributed by atoms with E-state index in [0.717, 1.165) is 4.90 Å². The highest BCUT2D eigenvalue weighted by atomic mass is 16.6. The van der Waals surface area contributed by atoms with Gasteiger partial charge in [-0.05, 0) is 27.2 Å². The van der Waals surface area contributed by atoms with Crippen molar-refractivity contribution in [1.29, 1.82) is 0 Å². The normalized spacial score (nSPS) is 21.7. The Kier molecular flexibility index (Phi) is 3.74. The van der Waals surface area contributed by atoms with Crippen LogP contribution < -0.4 is 0 Å². The number of ether oxygens (including phenoxy) is 2. The molecule has 6 heteroatoms. The highest BCUT2D eigenvalue weighted by Crippen LogP contribution is 2.16. The van der Waals surface area contributed by atoms with Gasteiger partial charge in [0.2, 0.25) is 6.23 Å². The zero-order valence-corrected chi connectivity index (χ0v) is 9.73. The Morgan fingerprint density at radius 2 is 2.06 bits per heavy atom. The molecule has 1 aliphatic heterocycles. The molecule has 0 aromatic carbocycles. The Labute approximate surface area is 94.1 Å². The van der Waals surface area contributed by atoms with Crippen LogP contribution in [-0.2, 0) is 14.3 Å². The first-order valence-corrected chi connectivity index (χ1v) is 5.15. The minimum absolute atomic E-state index is 0.339. The van der Waals surface area contributed by atoms with Gasteiger partial charge in [0.05, 0.1) is 6.61 Å². The molecule has 92 valence electrons. The molecular formula is C10H17NO5. The molecule has 0 spiro atoms. The van der Waals surface area contributed by atoms with E-state index in [-0.39, 0.29) is 0 Å². The van der Waals surface area contributed by atoms with Crippen LogP contribution >= 0.6 is 0 Å². The van der Waals surface area contributed by atoms with Gasteiger partial charge in [-0.15, -0.1) is 0 Å². The lowest BCUT2D eigenvalue weighted by Gasteiger charge is -2.34. The van der Waals surface area contributed by atoms with Gasteiger partial charge in [0.25, 0.3) is 0 Å². The summed E-state index contributed by atoms with van der Waals surface area (Å²) in [5.41, 5.74) is -0.641. The van der Waals surface area contributed by atoms with Gasteiger partial charge < -0.3 is 14.6 Å². The number of nitrogens with zero attached hydrogens (tertiary/aromatic N) is 1. The van der Waals surface area contributed by atoms with Crippen LogP contribution in [0.5, 0.6) is 0 Å². The third kappa shape index (κ3) is 3.37. The van der Waals surface area contributed by atoms with E-state index >= 15 is 0 Å². The van der Waals surface area contributed by atoms with E-state index < -0.39 is 23.9 Å².